The van der Waals surface area contributed by atoms with Crippen LogP contribution in [0.15, 0.2) is 18.2 Å². The average Bonchev–Trinajstić information content (AvgIpc) is 3.02. The van der Waals surface area contributed by atoms with Crippen LogP contribution in [-0.2, 0) is 22.4 Å². The van der Waals surface area contributed by atoms with Gasteiger partial charge in [-0.05, 0) is 61.8 Å². The maximum atomic E-state index is 12.2. The Morgan fingerprint density at radius 1 is 1.18 bits per heavy atom. The summed E-state index contributed by atoms with van der Waals surface area (Å²) in [7, 11) is 0. The second-order valence-electron chi connectivity index (χ2n) is 6.01. The highest BCUT2D eigenvalue weighted by atomic mass is 16.5. The monoisotopic (exact) mass is 303 g/mol. The number of likely N-dealkylation sites (tertiary alicyclic amines) is 1. The van der Waals surface area contributed by atoms with Crippen molar-refractivity contribution in [2.45, 2.75) is 44.6 Å². The topological polar surface area (TPSA) is 66.8 Å². The van der Waals surface area contributed by atoms with E-state index in [1.54, 1.807) is 0 Å². The number of carboxylic acid groups (broad SMARTS) is 1. The van der Waals surface area contributed by atoms with Gasteiger partial charge in [-0.1, -0.05) is 6.07 Å². The summed E-state index contributed by atoms with van der Waals surface area (Å²) in [6.45, 7) is 0.409. The van der Waals surface area contributed by atoms with Gasteiger partial charge in [0.05, 0.1) is 0 Å². The highest BCUT2D eigenvalue weighted by Gasteiger charge is 2.33. The van der Waals surface area contributed by atoms with Crippen molar-refractivity contribution in [2.75, 3.05) is 13.2 Å². The molecule has 5 nitrogen and oxygen atoms in total. The van der Waals surface area contributed by atoms with Crippen molar-refractivity contribution in [1.82, 2.24) is 4.90 Å². The fourth-order valence-corrected chi connectivity index (χ4v) is 3.35. The number of fused-ring (bicyclic) bond motifs is 1. The summed E-state index contributed by atoms with van der Waals surface area (Å²) in [6.07, 6.45) is 5.87. The van der Waals surface area contributed by atoms with Gasteiger partial charge in [0.15, 0.2) is 6.61 Å². The zero-order valence-electron chi connectivity index (χ0n) is 12.6. The Labute approximate surface area is 129 Å². The number of ether oxygens (including phenoxy) is 1. The number of carbonyl (C=O) groups is 2. The Hall–Kier alpha value is -2.04. The van der Waals surface area contributed by atoms with E-state index in [0.29, 0.717) is 18.7 Å². The van der Waals surface area contributed by atoms with E-state index < -0.39 is 12.0 Å². The van der Waals surface area contributed by atoms with Crippen molar-refractivity contribution in [2.24, 2.45) is 0 Å². The highest BCUT2D eigenvalue weighted by molar-refractivity contribution is 5.85. The number of hydrogen-bond acceptors (Lipinski definition) is 3. The Kier molecular flexibility index (Phi) is 4.32. The summed E-state index contributed by atoms with van der Waals surface area (Å²) in [5.74, 6) is -0.484. The molecule has 1 fully saturated rings. The van der Waals surface area contributed by atoms with Crippen molar-refractivity contribution in [3.8, 4) is 5.75 Å². The van der Waals surface area contributed by atoms with Crippen molar-refractivity contribution in [1.29, 1.82) is 0 Å². The number of rotatable bonds is 4. The molecule has 1 aromatic rings. The van der Waals surface area contributed by atoms with Crippen LogP contribution >= 0.6 is 0 Å². The lowest BCUT2D eigenvalue weighted by Crippen LogP contribution is -2.42. The SMILES string of the molecule is O=C(O)C1CCCN1C(=O)COc1ccc2c(c1)CCCC2. The van der Waals surface area contributed by atoms with E-state index in [4.69, 9.17) is 9.84 Å². The first kappa shape index (κ1) is 14.9. The van der Waals surface area contributed by atoms with Gasteiger partial charge >= 0.3 is 5.97 Å². The highest BCUT2D eigenvalue weighted by Crippen LogP contribution is 2.25. The largest absolute Gasteiger partial charge is 0.484 e. The standard InChI is InChI=1S/C17H21NO4/c19-16(18-9-3-6-15(18)17(20)21)11-22-14-8-7-12-4-1-2-5-13(12)10-14/h7-8,10,15H,1-6,9,11H2,(H,20,21). The normalized spacial score (nSPS) is 20.5. The second kappa shape index (κ2) is 6.38. The van der Waals surface area contributed by atoms with Gasteiger partial charge in [-0.25, -0.2) is 4.79 Å². The third-order valence-electron chi connectivity index (χ3n) is 4.54. The van der Waals surface area contributed by atoms with Gasteiger partial charge in [-0.2, -0.15) is 0 Å². The van der Waals surface area contributed by atoms with Gasteiger partial charge in [-0.15, -0.1) is 0 Å². The predicted octanol–water partition coefficient (Wildman–Crippen LogP) is 2.02. The van der Waals surface area contributed by atoms with Crippen LogP contribution in [0.3, 0.4) is 0 Å². The number of carbonyl (C=O) groups excluding carboxylic acids is 1. The molecule has 1 saturated heterocycles. The van der Waals surface area contributed by atoms with Crippen molar-refractivity contribution in [3.05, 3.63) is 29.3 Å². The van der Waals surface area contributed by atoms with E-state index in [1.165, 1.54) is 28.9 Å². The Morgan fingerprint density at radius 3 is 2.73 bits per heavy atom. The molecule has 0 radical (unpaired) electrons. The lowest BCUT2D eigenvalue weighted by atomic mass is 9.92. The first-order valence-electron chi connectivity index (χ1n) is 7.92. The lowest BCUT2D eigenvalue weighted by molar-refractivity contribution is -0.148. The molecule has 1 heterocycles. The number of aryl methyl sites for hydroxylation is 2. The van der Waals surface area contributed by atoms with Crippen LogP contribution < -0.4 is 4.74 Å². The summed E-state index contributed by atoms with van der Waals surface area (Å²) in [4.78, 5) is 24.7. The molecule has 3 rings (SSSR count). The molecule has 1 aliphatic heterocycles. The predicted molar refractivity (Wildman–Crippen MR) is 80.9 cm³/mol. The van der Waals surface area contributed by atoms with Crippen LogP contribution in [0.5, 0.6) is 5.75 Å². The van der Waals surface area contributed by atoms with Crippen LogP contribution in [0, 0.1) is 0 Å². The van der Waals surface area contributed by atoms with Gasteiger partial charge in [0.25, 0.3) is 5.91 Å². The van der Waals surface area contributed by atoms with Crippen molar-refractivity contribution in [3.63, 3.8) is 0 Å². The Bertz CT molecular complexity index is 584. The number of aliphatic carboxylic acids is 1. The van der Waals surface area contributed by atoms with Crippen LogP contribution in [0.2, 0.25) is 0 Å². The molecule has 22 heavy (non-hydrogen) atoms. The zero-order chi connectivity index (χ0) is 15.5. The Balaban J connectivity index is 1.60. The number of nitrogens with zero attached hydrogens (tertiary/aromatic N) is 1. The molecule has 1 unspecified atom stereocenters. The Morgan fingerprint density at radius 2 is 1.95 bits per heavy atom. The molecule has 0 bridgehead atoms. The number of hydrogen-bond donors (Lipinski definition) is 1. The summed E-state index contributed by atoms with van der Waals surface area (Å²) >= 11 is 0. The van der Waals surface area contributed by atoms with Gasteiger partial charge in [0, 0.05) is 6.54 Å². The smallest absolute Gasteiger partial charge is 0.326 e. The average molecular weight is 303 g/mol. The van der Waals surface area contributed by atoms with E-state index in [9.17, 15) is 9.59 Å². The van der Waals surface area contributed by atoms with Crippen molar-refractivity contribution >= 4 is 11.9 Å². The third-order valence-corrected chi connectivity index (χ3v) is 4.54. The van der Waals surface area contributed by atoms with Gasteiger partial charge in [-0.3, -0.25) is 4.79 Å². The minimum Gasteiger partial charge on any atom is -0.484 e. The zero-order valence-corrected chi connectivity index (χ0v) is 12.6. The molecule has 5 heteroatoms. The molecule has 0 aromatic heterocycles. The molecular formula is C17H21NO4. The molecule has 1 N–H and O–H groups in total. The molecule has 2 aliphatic rings. The lowest BCUT2D eigenvalue weighted by Gasteiger charge is -2.22. The molecule has 0 spiro atoms. The first-order chi connectivity index (χ1) is 10.6. The second-order valence-corrected chi connectivity index (χ2v) is 6.01. The van der Waals surface area contributed by atoms with E-state index in [1.807, 2.05) is 12.1 Å². The van der Waals surface area contributed by atoms with E-state index >= 15 is 0 Å². The molecule has 1 amide bonds. The fourth-order valence-electron chi connectivity index (χ4n) is 3.35. The summed E-state index contributed by atoms with van der Waals surface area (Å²) in [6, 6.07) is 5.29. The molecule has 0 saturated carbocycles. The maximum absolute atomic E-state index is 12.2. The van der Waals surface area contributed by atoms with Crippen LogP contribution in [-0.4, -0.2) is 41.1 Å². The number of benzene rings is 1. The number of amides is 1. The maximum Gasteiger partial charge on any atom is 0.326 e. The summed E-state index contributed by atoms with van der Waals surface area (Å²) < 4.78 is 5.59. The molecular weight excluding hydrogens is 282 g/mol. The molecule has 1 aliphatic carbocycles. The van der Waals surface area contributed by atoms with Gasteiger partial charge in [0.2, 0.25) is 0 Å². The summed E-state index contributed by atoms with van der Waals surface area (Å²) in [5, 5.41) is 9.12. The van der Waals surface area contributed by atoms with Crippen LogP contribution in [0.25, 0.3) is 0 Å². The number of carboxylic acids is 1. The molecule has 118 valence electrons. The van der Waals surface area contributed by atoms with E-state index in [0.717, 1.165) is 19.3 Å². The molecule has 1 aromatic carbocycles. The van der Waals surface area contributed by atoms with Gasteiger partial charge < -0.3 is 14.7 Å². The minimum atomic E-state index is -0.931. The first-order valence-corrected chi connectivity index (χ1v) is 7.92. The molecule has 1 atom stereocenters. The quantitative estimate of drug-likeness (QED) is 0.924. The van der Waals surface area contributed by atoms with E-state index in [2.05, 4.69) is 6.07 Å². The summed E-state index contributed by atoms with van der Waals surface area (Å²) in [5.41, 5.74) is 2.68. The fraction of sp³-hybridized carbons (Fsp3) is 0.529. The van der Waals surface area contributed by atoms with E-state index in [-0.39, 0.29) is 12.5 Å². The van der Waals surface area contributed by atoms with Gasteiger partial charge in [0.1, 0.15) is 11.8 Å². The minimum absolute atomic E-state index is 0.0947. The van der Waals surface area contributed by atoms with Crippen LogP contribution in [0.1, 0.15) is 36.8 Å². The van der Waals surface area contributed by atoms with Crippen molar-refractivity contribution < 1.29 is 19.4 Å². The third kappa shape index (κ3) is 3.08. The van der Waals surface area contributed by atoms with Crippen LogP contribution in [0.4, 0.5) is 0 Å².